The van der Waals surface area contributed by atoms with Crippen LogP contribution in [0.4, 0.5) is 0 Å². The van der Waals surface area contributed by atoms with Gasteiger partial charge in [0.15, 0.2) is 12.4 Å². The number of esters is 1. The van der Waals surface area contributed by atoms with Crippen molar-refractivity contribution in [3.8, 4) is 0 Å². The summed E-state index contributed by atoms with van der Waals surface area (Å²) in [5.74, 6) is -1.22. The van der Waals surface area contributed by atoms with E-state index in [1.165, 1.54) is 0 Å². The summed E-state index contributed by atoms with van der Waals surface area (Å²) in [7, 11) is 0. The minimum Gasteiger partial charge on any atom is -0.454 e. The maximum atomic E-state index is 12.2. The molecule has 0 aromatic heterocycles. The van der Waals surface area contributed by atoms with Gasteiger partial charge in [0.2, 0.25) is 6.29 Å². The zero-order valence-electron chi connectivity index (χ0n) is 16.1. The van der Waals surface area contributed by atoms with E-state index in [-0.39, 0.29) is 0 Å². The molecule has 2 aliphatic heterocycles. The van der Waals surface area contributed by atoms with Crippen LogP contribution < -0.4 is 0 Å². The summed E-state index contributed by atoms with van der Waals surface area (Å²) < 4.78 is 21.3. The van der Waals surface area contributed by atoms with Gasteiger partial charge in [0.05, 0.1) is 19.1 Å². The number of rotatable bonds is 7. The lowest BCUT2D eigenvalue weighted by Crippen LogP contribution is -2.64. The highest BCUT2D eigenvalue weighted by molar-refractivity contribution is 5.72. The summed E-state index contributed by atoms with van der Waals surface area (Å²) in [4.78, 5) is 12.2. The highest BCUT2D eigenvalue weighted by Gasteiger charge is 2.51. The molecule has 0 bridgehead atoms. The predicted molar refractivity (Wildman–Crippen MR) is 91.9 cm³/mol. The van der Waals surface area contributed by atoms with Crippen molar-refractivity contribution in [3.63, 3.8) is 0 Å². The first-order valence-electron chi connectivity index (χ1n) is 9.45. The molecule has 0 aromatic carbocycles. The van der Waals surface area contributed by atoms with Crippen molar-refractivity contribution in [1.82, 2.24) is 0 Å². The van der Waals surface area contributed by atoms with Crippen molar-refractivity contribution in [2.75, 3.05) is 13.2 Å². The summed E-state index contributed by atoms with van der Waals surface area (Å²) in [6, 6.07) is 0. The van der Waals surface area contributed by atoms with E-state index < -0.39 is 86.5 Å². The van der Waals surface area contributed by atoms with Crippen molar-refractivity contribution in [2.45, 2.75) is 81.7 Å². The van der Waals surface area contributed by atoms with Crippen LogP contribution in [0.15, 0.2) is 0 Å². The summed E-state index contributed by atoms with van der Waals surface area (Å²) in [5.41, 5.74) is 0. The van der Waals surface area contributed by atoms with Gasteiger partial charge < -0.3 is 54.7 Å². The lowest BCUT2D eigenvalue weighted by molar-refractivity contribution is -0.377. The van der Waals surface area contributed by atoms with Gasteiger partial charge in [0, 0.05) is 0 Å². The Kier molecular flexibility index (Phi) is 8.72. The Morgan fingerprint density at radius 2 is 1.38 bits per heavy atom. The first kappa shape index (κ1) is 24.3. The van der Waals surface area contributed by atoms with Gasteiger partial charge in [0.1, 0.15) is 42.7 Å². The zero-order chi connectivity index (χ0) is 21.9. The molecule has 0 aromatic rings. The number of ether oxygens (including phenoxy) is 4. The average Bonchev–Trinajstić information content (AvgIpc) is 2.72. The van der Waals surface area contributed by atoms with Gasteiger partial charge in [-0.25, -0.2) is 0 Å². The molecule has 170 valence electrons. The van der Waals surface area contributed by atoms with Gasteiger partial charge in [-0.3, -0.25) is 4.79 Å². The van der Waals surface area contributed by atoms with Gasteiger partial charge in [-0.2, -0.15) is 0 Å². The fourth-order valence-electron chi connectivity index (χ4n) is 3.02. The Hall–Kier alpha value is -0.930. The standard InChI is InChI=1S/C17H30O12/c1-3-6(2)15(25)28-14-12(23)10(21)8(5-19)27-17(14)29-16-13(24)11(22)9(20)7(4-18)26-16/h6-14,16-24H,3-5H2,1-2H3/t6-,7-,8-,9-,10-,11+,12+,13-,14-,16-,17-/m1/s1. The molecule has 11 atom stereocenters. The third-order valence-electron chi connectivity index (χ3n) is 5.21. The van der Waals surface area contributed by atoms with E-state index in [2.05, 4.69) is 0 Å². The van der Waals surface area contributed by atoms with E-state index in [9.17, 15) is 40.5 Å². The number of hydrogen-bond donors (Lipinski definition) is 7. The van der Waals surface area contributed by atoms with Crippen LogP contribution in [-0.2, 0) is 23.7 Å². The molecule has 0 amide bonds. The quantitative estimate of drug-likeness (QED) is 0.196. The van der Waals surface area contributed by atoms with Crippen LogP contribution in [0, 0.1) is 5.92 Å². The van der Waals surface area contributed by atoms with E-state index in [1.807, 2.05) is 0 Å². The highest BCUT2D eigenvalue weighted by Crippen LogP contribution is 2.30. The fourth-order valence-corrected chi connectivity index (χ4v) is 3.02. The van der Waals surface area contributed by atoms with E-state index in [4.69, 9.17) is 18.9 Å². The first-order valence-corrected chi connectivity index (χ1v) is 9.45. The molecule has 2 saturated heterocycles. The SMILES string of the molecule is CC[C@@H](C)C(=O)O[C@H]1[C@@H](O[C@H]2O[C@H](CO)[C@@H](O)[C@H](O)[C@H]2O)O[C@H](CO)[C@@H](O)[C@@H]1O. The summed E-state index contributed by atoms with van der Waals surface area (Å²) in [5, 5.41) is 68.9. The first-order chi connectivity index (χ1) is 13.7. The summed E-state index contributed by atoms with van der Waals surface area (Å²) >= 11 is 0. The molecule has 12 nitrogen and oxygen atoms in total. The van der Waals surface area contributed by atoms with Crippen LogP contribution in [0.5, 0.6) is 0 Å². The van der Waals surface area contributed by atoms with Crippen LogP contribution in [0.2, 0.25) is 0 Å². The second kappa shape index (κ2) is 10.4. The Morgan fingerprint density at radius 3 is 1.90 bits per heavy atom. The highest BCUT2D eigenvalue weighted by atomic mass is 16.8. The molecule has 2 aliphatic rings. The third-order valence-corrected chi connectivity index (χ3v) is 5.21. The minimum atomic E-state index is -1.76. The third kappa shape index (κ3) is 5.22. The maximum Gasteiger partial charge on any atom is 0.309 e. The Balaban J connectivity index is 2.21. The molecule has 2 fully saturated rings. The molecule has 2 heterocycles. The van der Waals surface area contributed by atoms with Gasteiger partial charge >= 0.3 is 5.97 Å². The molecule has 29 heavy (non-hydrogen) atoms. The maximum absolute atomic E-state index is 12.2. The second-order valence-corrected chi connectivity index (χ2v) is 7.25. The van der Waals surface area contributed by atoms with Crippen LogP contribution >= 0.6 is 0 Å². The molecular weight excluding hydrogens is 396 g/mol. The zero-order valence-corrected chi connectivity index (χ0v) is 16.1. The monoisotopic (exact) mass is 426 g/mol. The Bertz CT molecular complexity index is 531. The largest absolute Gasteiger partial charge is 0.454 e. The molecule has 0 saturated carbocycles. The van der Waals surface area contributed by atoms with Crippen molar-refractivity contribution < 1.29 is 59.5 Å². The van der Waals surface area contributed by atoms with Crippen LogP contribution in [-0.4, -0.2) is 116 Å². The lowest BCUT2D eigenvalue weighted by atomic mass is 9.97. The molecular formula is C17H30O12. The van der Waals surface area contributed by atoms with Gasteiger partial charge in [-0.1, -0.05) is 13.8 Å². The molecule has 0 radical (unpaired) electrons. The number of hydrogen-bond acceptors (Lipinski definition) is 12. The Morgan fingerprint density at radius 1 is 0.862 bits per heavy atom. The number of carbonyl (C=O) groups excluding carboxylic acids is 1. The molecule has 0 aliphatic carbocycles. The predicted octanol–water partition coefficient (Wildman–Crippen LogP) is -3.80. The van der Waals surface area contributed by atoms with Crippen LogP contribution in [0.3, 0.4) is 0 Å². The molecule has 12 heteroatoms. The number of aliphatic hydroxyl groups is 7. The van der Waals surface area contributed by atoms with E-state index in [0.717, 1.165) is 0 Å². The van der Waals surface area contributed by atoms with Gasteiger partial charge in [-0.15, -0.1) is 0 Å². The van der Waals surface area contributed by atoms with E-state index >= 15 is 0 Å². The summed E-state index contributed by atoms with van der Waals surface area (Å²) in [6.07, 6.45) is -15.3. The molecule has 7 N–H and O–H groups in total. The molecule has 0 spiro atoms. The Labute approximate surface area is 167 Å². The van der Waals surface area contributed by atoms with Gasteiger partial charge in [-0.05, 0) is 6.42 Å². The second-order valence-electron chi connectivity index (χ2n) is 7.25. The minimum absolute atomic E-state index is 0.447. The molecule has 0 unspecified atom stereocenters. The van der Waals surface area contributed by atoms with Crippen molar-refractivity contribution in [1.29, 1.82) is 0 Å². The van der Waals surface area contributed by atoms with E-state index in [0.29, 0.717) is 6.42 Å². The van der Waals surface area contributed by atoms with E-state index in [1.54, 1.807) is 13.8 Å². The van der Waals surface area contributed by atoms with Crippen molar-refractivity contribution >= 4 is 5.97 Å². The smallest absolute Gasteiger partial charge is 0.309 e. The van der Waals surface area contributed by atoms with Crippen LogP contribution in [0.1, 0.15) is 20.3 Å². The number of aliphatic hydroxyl groups excluding tert-OH is 7. The normalized spacial score (nSPS) is 44.3. The topological polar surface area (TPSA) is 196 Å². The summed E-state index contributed by atoms with van der Waals surface area (Å²) in [6.45, 7) is 1.96. The average molecular weight is 426 g/mol. The lowest BCUT2D eigenvalue weighted by Gasteiger charge is -2.45. The van der Waals surface area contributed by atoms with Gasteiger partial charge in [0.25, 0.3) is 0 Å². The van der Waals surface area contributed by atoms with Crippen molar-refractivity contribution in [3.05, 3.63) is 0 Å². The number of carbonyl (C=O) groups is 1. The molecule has 2 rings (SSSR count). The fraction of sp³-hybridized carbons (Fsp3) is 0.941. The van der Waals surface area contributed by atoms with Crippen molar-refractivity contribution in [2.24, 2.45) is 5.92 Å². The van der Waals surface area contributed by atoms with Crippen LogP contribution in [0.25, 0.3) is 0 Å².